The highest BCUT2D eigenvalue weighted by molar-refractivity contribution is 9.10. The van der Waals surface area contributed by atoms with E-state index >= 15 is 0 Å². The summed E-state index contributed by atoms with van der Waals surface area (Å²) in [5.74, 6) is 0.880. The molecule has 1 aliphatic rings. The first-order chi connectivity index (χ1) is 9.54. The van der Waals surface area contributed by atoms with Crippen LogP contribution >= 0.6 is 27.5 Å². The zero-order valence-corrected chi connectivity index (χ0v) is 13.4. The highest BCUT2D eigenvalue weighted by atomic mass is 79.9. The van der Waals surface area contributed by atoms with Gasteiger partial charge < -0.3 is 10.5 Å². The molecule has 2 atom stereocenters. The summed E-state index contributed by atoms with van der Waals surface area (Å²) in [6.07, 6.45) is 0.735. The first kappa shape index (κ1) is 13.9. The van der Waals surface area contributed by atoms with Gasteiger partial charge in [0, 0.05) is 22.5 Å². The van der Waals surface area contributed by atoms with Crippen molar-refractivity contribution in [3.63, 3.8) is 0 Å². The number of benzene rings is 2. The highest BCUT2D eigenvalue weighted by Gasteiger charge is 2.27. The van der Waals surface area contributed by atoms with Gasteiger partial charge in [0.1, 0.15) is 11.9 Å². The monoisotopic (exact) mass is 351 g/mol. The first-order valence-electron chi connectivity index (χ1n) is 6.52. The van der Waals surface area contributed by atoms with E-state index in [1.165, 1.54) is 5.56 Å². The Bertz CT molecular complexity index is 659. The minimum atomic E-state index is -0.0335. The fraction of sp³-hybridized carbons (Fsp3) is 0.250. The largest absolute Gasteiger partial charge is 0.485 e. The SMILES string of the molecule is Cc1ccc2c(c1)C(N)CC(c1ccc(Cl)c(Br)c1)O2. The minimum Gasteiger partial charge on any atom is -0.485 e. The van der Waals surface area contributed by atoms with Crippen molar-refractivity contribution in [1.29, 1.82) is 0 Å². The molecule has 0 fully saturated rings. The van der Waals surface area contributed by atoms with Gasteiger partial charge in [-0.05, 0) is 46.6 Å². The Morgan fingerprint density at radius 1 is 1.25 bits per heavy atom. The van der Waals surface area contributed by atoms with Gasteiger partial charge in [0.25, 0.3) is 0 Å². The number of fused-ring (bicyclic) bond motifs is 1. The van der Waals surface area contributed by atoms with Crippen LogP contribution in [0.4, 0.5) is 0 Å². The van der Waals surface area contributed by atoms with Crippen molar-refractivity contribution in [2.45, 2.75) is 25.5 Å². The van der Waals surface area contributed by atoms with Crippen molar-refractivity contribution >= 4 is 27.5 Å². The quantitative estimate of drug-likeness (QED) is 0.789. The third-order valence-corrected chi connectivity index (χ3v) is 4.83. The van der Waals surface area contributed by atoms with E-state index in [9.17, 15) is 0 Å². The van der Waals surface area contributed by atoms with Gasteiger partial charge in [-0.15, -0.1) is 0 Å². The van der Waals surface area contributed by atoms with Crippen LogP contribution in [0.2, 0.25) is 5.02 Å². The maximum atomic E-state index is 6.29. The number of nitrogens with two attached hydrogens (primary N) is 1. The van der Waals surface area contributed by atoms with Crippen LogP contribution in [-0.4, -0.2) is 0 Å². The zero-order chi connectivity index (χ0) is 14.3. The van der Waals surface area contributed by atoms with Gasteiger partial charge in [-0.3, -0.25) is 0 Å². The summed E-state index contributed by atoms with van der Waals surface area (Å²) in [6.45, 7) is 2.06. The maximum Gasteiger partial charge on any atom is 0.126 e. The molecule has 4 heteroatoms. The summed E-state index contributed by atoms with van der Waals surface area (Å²) in [5.41, 5.74) is 9.68. The predicted octanol–water partition coefficient (Wildman–Crippen LogP) is 4.93. The van der Waals surface area contributed by atoms with E-state index in [0.29, 0.717) is 5.02 Å². The Balaban J connectivity index is 1.94. The number of halogens is 2. The van der Waals surface area contributed by atoms with Crippen LogP contribution in [0.3, 0.4) is 0 Å². The van der Waals surface area contributed by atoms with E-state index in [1.807, 2.05) is 30.3 Å². The van der Waals surface area contributed by atoms with Crippen LogP contribution in [0.1, 0.15) is 35.3 Å². The molecule has 0 radical (unpaired) electrons. The molecule has 2 aromatic carbocycles. The van der Waals surface area contributed by atoms with Gasteiger partial charge in [-0.25, -0.2) is 0 Å². The molecular weight excluding hydrogens is 338 g/mol. The average Bonchev–Trinajstić information content (AvgIpc) is 2.42. The van der Waals surface area contributed by atoms with E-state index < -0.39 is 0 Å². The van der Waals surface area contributed by atoms with E-state index in [0.717, 1.165) is 27.8 Å². The van der Waals surface area contributed by atoms with Crippen LogP contribution in [0, 0.1) is 6.92 Å². The number of hydrogen-bond donors (Lipinski definition) is 1. The Hall–Kier alpha value is -1.03. The van der Waals surface area contributed by atoms with Crippen molar-refractivity contribution in [2.24, 2.45) is 5.73 Å². The van der Waals surface area contributed by atoms with E-state index in [-0.39, 0.29) is 12.1 Å². The number of rotatable bonds is 1. The Labute approximate surface area is 132 Å². The zero-order valence-electron chi connectivity index (χ0n) is 11.1. The van der Waals surface area contributed by atoms with Gasteiger partial charge in [0.05, 0.1) is 5.02 Å². The Kier molecular flexibility index (Phi) is 3.76. The lowest BCUT2D eigenvalue weighted by atomic mass is 9.93. The lowest BCUT2D eigenvalue weighted by molar-refractivity contribution is 0.161. The van der Waals surface area contributed by atoms with Crippen LogP contribution in [0.25, 0.3) is 0 Å². The maximum absolute atomic E-state index is 6.29. The van der Waals surface area contributed by atoms with E-state index in [4.69, 9.17) is 22.1 Å². The Morgan fingerprint density at radius 2 is 2.05 bits per heavy atom. The van der Waals surface area contributed by atoms with E-state index in [1.54, 1.807) is 0 Å². The molecule has 0 saturated carbocycles. The van der Waals surface area contributed by atoms with Gasteiger partial charge >= 0.3 is 0 Å². The van der Waals surface area contributed by atoms with Gasteiger partial charge in [-0.1, -0.05) is 35.4 Å². The molecular formula is C16H15BrClNO. The lowest BCUT2D eigenvalue weighted by Gasteiger charge is -2.31. The average molecular weight is 353 g/mol. The van der Waals surface area contributed by atoms with Gasteiger partial charge in [0.15, 0.2) is 0 Å². The van der Waals surface area contributed by atoms with Crippen LogP contribution in [0.15, 0.2) is 40.9 Å². The summed E-state index contributed by atoms with van der Waals surface area (Å²) in [6, 6.07) is 12.0. The fourth-order valence-corrected chi connectivity index (χ4v) is 3.05. The second kappa shape index (κ2) is 5.40. The topological polar surface area (TPSA) is 35.2 Å². The number of hydrogen-bond acceptors (Lipinski definition) is 2. The summed E-state index contributed by atoms with van der Waals surface area (Å²) in [7, 11) is 0. The summed E-state index contributed by atoms with van der Waals surface area (Å²) < 4.78 is 6.97. The van der Waals surface area contributed by atoms with Crippen LogP contribution < -0.4 is 10.5 Å². The normalized spacial score (nSPS) is 21.2. The third kappa shape index (κ3) is 2.58. The molecule has 2 nitrogen and oxygen atoms in total. The van der Waals surface area contributed by atoms with Gasteiger partial charge in [0.2, 0.25) is 0 Å². The van der Waals surface area contributed by atoms with E-state index in [2.05, 4.69) is 28.9 Å². The summed E-state index contributed by atoms with van der Waals surface area (Å²) in [5, 5.41) is 0.699. The minimum absolute atomic E-state index is 0.00176. The van der Waals surface area contributed by atoms with Crippen LogP contribution in [0.5, 0.6) is 5.75 Å². The second-order valence-electron chi connectivity index (χ2n) is 5.16. The summed E-state index contributed by atoms with van der Waals surface area (Å²) in [4.78, 5) is 0. The predicted molar refractivity (Wildman–Crippen MR) is 85.2 cm³/mol. The standard InChI is InChI=1S/C16H15BrClNO/c1-9-2-5-15-11(6-9)14(19)8-16(20-15)10-3-4-13(18)12(17)7-10/h2-7,14,16H,8,19H2,1H3. The molecule has 2 aromatic rings. The summed E-state index contributed by atoms with van der Waals surface area (Å²) >= 11 is 9.48. The molecule has 0 aromatic heterocycles. The molecule has 1 aliphatic heterocycles. The van der Waals surface area contributed by atoms with Crippen molar-refractivity contribution in [1.82, 2.24) is 0 Å². The molecule has 2 unspecified atom stereocenters. The first-order valence-corrected chi connectivity index (χ1v) is 7.69. The van der Waals surface area contributed by atoms with Crippen molar-refractivity contribution < 1.29 is 4.74 Å². The van der Waals surface area contributed by atoms with Crippen molar-refractivity contribution in [2.75, 3.05) is 0 Å². The van der Waals surface area contributed by atoms with Crippen molar-refractivity contribution in [3.8, 4) is 5.75 Å². The fourth-order valence-electron chi connectivity index (χ4n) is 2.54. The molecule has 0 amide bonds. The second-order valence-corrected chi connectivity index (χ2v) is 6.43. The molecule has 2 N–H and O–H groups in total. The molecule has 20 heavy (non-hydrogen) atoms. The molecule has 3 rings (SSSR count). The highest BCUT2D eigenvalue weighted by Crippen LogP contribution is 2.40. The molecule has 1 heterocycles. The van der Waals surface area contributed by atoms with Gasteiger partial charge in [-0.2, -0.15) is 0 Å². The van der Waals surface area contributed by atoms with Crippen LogP contribution in [-0.2, 0) is 0 Å². The molecule has 0 saturated heterocycles. The molecule has 0 bridgehead atoms. The number of aryl methyl sites for hydroxylation is 1. The third-order valence-electron chi connectivity index (χ3n) is 3.62. The Morgan fingerprint density at radius 3 is 2.80 bits per heavy atom. The molecule has 0 spiro atoms. The number of ether oxygens (including phenoxy) is 1. The van der Waals surface area contributed by atoms with Crippen molar-refractivity contribution in [3.05, 3.63) is 62.6 Å². The molecule has 0 aliphatic carbocycles. The smallest absolute Gasteiger partial charge is 0.126 e. The lowest BCUT2D eigenvalue weighted by Crippen LogP contribution is -2.24. The molecule has 104 valence electrons.